The Balaban J connectivity index is 3.11. The highest BCUT2D eigenvalue weighted by Gasteiger charge is 2.33. The molecular formula is C16H25F3N2. The molecular weight excluding hydrogens is 277 g/mol. The molecule has 1 aromatic rings. The van der Waals surface area contributed by atoms with Crippen LogP contribution in [0.4, 0.5) is 18.9 Å². The van der Waals surface area contributed by atoms with E-state index >= 15 is 0 Å². The van der Waals surface area contributed by atoms with E-state index in [1.54, 1.807) is 6.07 Å². The minimum absolute atomic E-state index is 0.103. The molecule has 0 bridgehead atoms. The Labute approximate surface area is 125 Å². The number of hydrogen-bond donors (Lipinski definition) is 1. The van der Waals surface area contributed by atoms with Crippen molar-refractivity contribution in [1.29, 1.82) is 0 Å². The first-order valence-corrected chi connectivity index (χ1v) is 7.52. The molecule has 0 atom stereocenters. The van der Waals surface area contributed by atoms with Gasteiger partial charge in [-0.3, -0.25) is 0 Å². The van der Waals surface area contributed by atoms with Crippen molar-refractivity contribution in [3.8, 4) is 0 Å². The SMILES string of the molecule is CCC(CC)CN(CC)c1ccc(CN)c(C(F)(F)F)c1. The molecule has 0 aromatic heterocycles. The molecule has 120 valence electrons. The smallest absolute Gasteiger partial charge is 0.372 e. The van der Waals surface area contributed by atoms with Crippen LogP contribution in [0.25, 0.3) is 0 Å². The van der Waals surface area contributed by atoms with Gasteiger partial charge in [0, 0.05) is 25.3 Å². The van der Waals surface area contributed by atoms with Crippen molar-refractivity contribution in [3.05, 3.63) is 29.3 Å². The summed E-state index contributed by atoms with van der Waals surface area (Å²) in [5, 5.41) is 0. The third-order valence-corrected chi connectivity index (χ3v) is 4.00. The van der Waals surface area contributed by atoms with Crippen molar-refractivity contribution < 1.29 is 13.2 Å². The monoisotopic (exact) mass is 302 g/mol. The molecule has 21 heavy (non-hydrogen) atoms. The Bertz CT molecular complexity index is 440. The van der Waals surface area contributed by atoms with Crippen molar-refractivity contribution in [1.82, 2.24) is 0 Å². The van der Waals surface area contributed by atoms with Gasteiger partial charge < -0.3 is 10.6 Å². The molecule has 0 radical (unpaired) electrons. The number of hydrogen-bond acceptors (Lipinski definition) is 2. The van der Waals surface area contributed by atoms with Gasteiger partial charge >= 0.3 is 6.18 Å². The van der Waals surface area contributed by atoms with Gasteiger partial charge in [0.1, 0.15) is 0 Å². The molecule has 1 rings (SSSR count). The number of benzene rings is 1. The van der Waals surface area contributed by atoms with Crippen LogP contribution in [-0.4, -0.2) is 13.1 Å². The van der Waals surface area contributed by atoms with E-state index in [9.17, 15) is 13.2 Å². The van der Waals surface area contributed by atoms with Gasteiger partial charge in [-0.05, 0) is 30.5 Å². The summed E-state index contributed by atoms with van der Waals surface area (Å²) >= 11 is 0. The minimum atomic E-state index is -4.36. The Morgan fingerprint density at radius 1 is 1.14 bits per heavy atom. The predicted octanol–water partition coefficient (Wildman–Crippen LogP) is 4.43. The summed E-state index contributed by atoms with van der Waals surface area (Å²) in [5.41, 5.74) is 5.56. The number of alkyl halides is 3. The molecule has 0 amide bonds. The zero-order chi connectivity index (χ0) is 16.0. The summed E-state index contributed by atoms with van der Waals surface area (Å²) in [6.07, 6.45) is -2.31. The summed E-state index contributed by atoms with van der Waals surface area (Å²) in [5.74, 6) is 0.494. The van der Waals surface area contributed by atoms with Crippen molar-refractivity contribution in [2.45, 2.75) is 46.3 Å². The van der Waals surface area contributed by atoms with E-state index in [1.165, 1.54) is 12.1 Å². The fourth-order valence-electron chi connectivity index (χ4n) is 2.48. The zero-order valence-electron chi connectivity index (χ0n) is 13.0. The van der Waals surface area contributed by atoms with Crippen molar-refractivity contribution in [2.24, 2.45) is 11.7 Å². The van der Waals surface area contributed by atoms with Gasteiger partial charge in [-0.1, -0.05) is 32.8 Å². The molecule has 0 heterocycles. The Morgan fingerprint density at radius 2 is 1.76 bits per heavy atom. The molecule has 0 unspecified atom stereocenters. The molecule has 0 aliphatic rings. The quantitative estimate of drug-likeness (QED) is 0.807. The largest absolute Gasteiger partial charge is 0.416 e. The van der Waals surface area contributed by atoms with Gasteiger partial charge in [-0.2, -0.15) is 13.2 Å². The van der Waals surface area contributed by atoms with E-state index in [0.29, 0.717) is 18.2 Å². The Hall–Kier alpha value is -1.23. The molecule has 0 aliphatic heterocycles. The van der Waals surface area contributed by atoms with E-state index in [1.807, 2.05) is 11.8 Å². The Kier molecular flexibility index (Phi) is 6.52. The first-order chi connectivity index (χ1) is 9.87. The van der Waals surface area contributed by atoms with Gasteiger partial charge in [0.25, 0.3) is 0 Å². The van der Waals surface area contributed by atoms with Crippen LogP contribution in [-0.2, 0) is 12.7 Å². The number of nitrogens with two attached hydrogens (primary N) is 1. The van der Waals surface area contributed by atoms with E-state index in [2.05, 4.69) is 13.8 Å². The van der Waals surface area contributed by atoms with E-state index in [4.69, 9.17) is 5.73 Å². The van der Waals surface area contributed by atoms with Crippen LogP contribution in [0.15, 0.2) is 18.2 Å². The molecule has 0 fully saturated rings. The molecule has 0 aliphatic carbocycles. The van der Waals surface area contributed by atoms with Gasteiger partial charge in [0.15, 0.2) is 0 Å². The highest BCUT2D eigenvalue weighted by molar-refractivity contribution is 5.52. The van der Waals surface area contributed by atoms with Crippen LogP contribution < -0.4 is 10.6 Å². The second-order valence-electron chi connectivity index (χ2n) is 5.26. The molecule has 2 N–H and O–H groups in total. The van der Waals surface area contributed by atoms with Crippen LogP contribution >= 0.6 is 0 Å². The van der Waals surface area contributed by atoms with Crippen molar-refractivity contribution >= 4 is 5.69 Å². The average molecular weight is 302 g/mol. The van der Waals surface area contributed by atoms with Gasteiger partial charge in [0.2, 0.25) is 0 Å². The summed E-state index contributed by atoms with van der Waals surface area (Å²) in [6.45, 7) is 7.56. The molecule has 5 heteroatoms. The fraction of sp³-hybridized carbons (Fsp3) is 0.625. The summed E-state index contributed by atoms with van der Waals surface area (Å²) in [7, 11) is 0. The van der Waals surface area contributed by atoms with Gasteiger partial charge in [-0.15, -0.1) is 0 Å². The fourth-order valence-corrected chi connectivity index (χ4v) is 2.48. The summed E-state index contributed by atoms with van der Waals surface area (Å²) < 4.78 is 39.3. The third-order valence-electron chi connectivity index (χ3n) is 4.00. The lowest BCUT2D eigenvalue weighted by Gasteiger charge is -2.28. The van der Waals surface area contributed by atoms with Gasteiger partial charge in [0.05, 0.1) is 5.56 Å². The van der Waals surface area contributed by atoms with Crippen LogP contribution in [0.3, 0.4) is 0 Å². The number of halogens is 3. The van der Waals surface area contributed by atoms with Crippen LogP contribution in [0.5, 0.6) is 0 Å². The zero-order valence-corrected chi connectivity index (χ0v) is 13.0. The second-order valence-corrected chi connectivity index (χ2v) is 5.26. The third kappa shape index (κ3) is 4.63. The van der Waals surface area contributed by atoms with Crippen LogP contribution in [0.1, 0.15) is 44.7 Å². The predicted molar refractivity (Wildman–Crippen MR) is 81.3 cm³/mol. The first kappa shape index (κ1) is 17.8. The maximum Gasteiger partial charge on any atom is 0.416 e. The minimum Gasteiger partial charge on any atom is -0.372 e. The molecule has 0 saturated carbocycles. The van der Waals surface area contributed by atoms with E-state index < -0.39 is 11.7 Å². The maximum atomic E-state index is 13.1. The summed E-state index contributed by atoms with van der Waals surface area (Å²) in [6, 6.07) is 4.46. The highest BCUT2D eigenvalue weighted by atomic mass is 19.4. The summed E-state index contributed by atoms with van der Waals surface area (Å²) in [4.78, 5) is 2.01. The Morgan fingerprint density at radius 3 is 2.19 bits per heavy atom. The highest BCUT2D eigenvalue weighted by Crippen LogP contribution is 2.34. The number of anilines is 1. The lowest BCUT2D eigenvalue weighted by atomic mass is 10.0. The van der Waals surface area contributed by atoms with Crippen molar-refractivity contribution in [3.63, 3.8) is 0 Å². The van der Waals surface area contributed by atoms with E-state index in [0.717, 1.165) is 19.4 Å². The topological polar surface area (TPSA) is 29.3 Å². The van der Waals surface area contributed by atoms with Crippen LogP contribution in [0.2, 0.25) is 0 Å². The average Bonchev–Trinajstić information content (AvgIpc) is 2.47. The standard InChI is InChI=1S/C16H25F3N2/c1-4-12(5-2)11-21(6-3)14-8-7-13(10-20)15(9-14)16(17,18)19/h7-9,12H,4-6,10-11,20H2,1-3H3. The first-order valence-electron chi connectivity index (χ1n) is 7.52. The number of rotatable bonds is 7. The normalized spacial score (nSPS) is 12.0. The number of nitrogens with zero attached hydrogens (tertiary/aromatic N) is 1. The van der Waals surface area contributed by atoms with E-state index in [-0.39, 0.29) is 12.1 Å². The second kappa shape index (κ2) is 7.69. The van der Waals surface area contributed by atoms with Gasteiger partial charge in [-0.25, -0.2) is 0 Å². The van der Waals surface area contributed by atoms with Crippen molar-refractivity contribution in [2.75, 3.05) is 18.0 Å². The molecule has 0 saturated heterocycles. The molecule has 1 aromatic carbocycles. The lowest BCUT2D eigenvalue weighted by molar-refractivity contribution is -0.138. The molecule has 0 spiro atoms. The molecule has 2 nitrogen and oxygen atoms in total. The van der Waals surface area contributed by atoms with Crippen LogP contribution in [0, 0.1) is 5.92 Å². The lowest BCUT2D eigenvalue weighted by Crippen LogP contribution is -2.29. The maximum absolute atomic E-state index is 13.1.